The van der Waals surface area contributed by atoms with Gasteiger partial charge in [-0.05, 0) is 67.7 Å². The van der Waals surface area contributed by atoms with Crippen molar-refractivity contribution in [3.05, 3.63) is 108 Å². The van der Waals surface area contributed by atoms with Gasteiger partial charge in [0.2, 0.25) is 0 Å². The lowest BCUT2D eigenvalue weighted by atomic mass is 10.0. The van der Waals surface area contributed by atoms with E-state index in [0.29, 0.717) is 11.7 Å². The Morgan fingerprint density at radius 3 is 2.47 bits per heavy atom. The van der Waals surface area contributed by atoms with Crippen molar-refractivity contribution < 1.29 is 4.42 Å². The fourth-order valence-electron chi connectivity index (χ4n) is 3.82. The molecule has 1 fully saturated rings. The first-order chi connectivity index (χ1) is 15.7. The second-order valence-corrected chi connectivity index (χ2v) is 9.11. The zero-order chi connectivity index (χ0) is 21.9. The molecule has 4 aromatic rings. The highest BCUT2D eigenvalue weighted by Gasteiger charge is 2.41. The van der Waals surface area contributed by atoms with Crippen LogP contribution in [0.15, 0.2) is 99.6 Å². The monoisotopic (exact) mass is 458 g/mol. The highest BCUT2D eigenvalue weighted by atomic mass is 32.2. The van der Waals surface area contributed by atoms with Crippen LogP contribution in [0.2, 0.25) is 0 Å². The molecule has 4 heterocycles. The Kier molecular flexibility index (Phi) is 5.92. The van der Waals surface area contributed by atoms with Gasteiger partial charge in [0.15, 0.2) is 10.2 Å². The Labute approximate surface area is 196 Å². The third-order valence-electron chi connectivity index (χ3n) is 5.39. The van der Waals surface area contributed by atoms with Gasteiger partial charge >= 0.3 is 0 Å². The molecule has 5 rings (SSSR count). The van der Waals surface area contributed by atoms with Crippen molar-refractivity contribution in [2.24, 2.45) is 0 Å². The number of benzene rings is 1. The first-order valence-corrected chi connectivity index (χ1v) is 11.6. The van der Waals surface area contributed by atoms with Crippen molar-refractivity contribution in [2.75, 3.05) is 0 Å². The summed E-state index contributed by atoms with van der Waals surface area (Å²) in [6.45, 7) is 2.67. The van der Waals surface area contributed by atoms with E-state index in [4.69, 9.17) is 16.6 Å². The van der Waals surface area contributed by atoms with Gasteiger partial charge < -0.3 is 14.6 Å². The van der Waals surface area contributed by atoms with E-state index < -0.39 is 0 Å². The predicted octanol–water partition coefficient (Wildman–Crippen LogP) is 5.70. The second kappa shape index (κ2) is 9.14. The van der Waals surface area contributed by atoms with Gasteiger partial charge in [0.25, 0.3) is 0 Å². The smallest absolute Gasteiger partial charge is 0.170 e. The van der Waals surface area contributed by atoms with Crippen molar-refractivity contribution in [1.82, 2.24) is 20.2 Å². The van der Waals surface area contributed by atoms with Crippen LogP contribution in [-0.4, -0.2) is 20.0 Å². The van der Waals surface area contributed by atoms with Crippen LogP contribution in [0.1, 0.15) is 34.8 Å². The van der Waals surface area contributed by atoms with Gasteiger partial charge in [-0.2, -0.15) is 0 Å². The van der Waals surface area contributed by atoms with Crippen molar-refractivity contribution >= 4 is 29.1 Å². The lowest BCUT2D eigenvalue weighted by molar-refractivity contribution is 0.253. The molecule has 1 N–H and O–H groups in total. The van der Waals surface area contributed by atoms with Gasteiger partial charge in [0.05, 0.1) is 24.0 Å². The van der Waals surface area contributed by atoms with Crippen LogP contribution < -0.4 is 5.32 Å². The topological polar surface area (TPSA) is 54.2 Å². The van der Waals surface area contributed by atoms with Gasteiger partial charge in [-0.15, -0.1) is 0 Å². The molecule has 3 aromatic heterocycles. The molecule has 2 atom stereocenters. The van der Waals surface area contributed by atoms with Gasteiger partial charge in [0.1, 0.15) is 11.8 Å². The Hall–Kier alpha value is -3.16. The fourth-order valence-corrected chi connectivity index (χ4v) is 4.91. The molecule has 32 heavy (non-hydrogen) atoms. The molecule has 1 aliphatic rings. The number of nitrogens with one attached hydrogen (secondary N) is 1. The van der Waals surface area contributed by atoms with Gasteiger partial charge in [-0.1, -0.05) is 41.6 Å². The van der Waals surface area contributed by atoms with E-state index in [1.165, 1.54) is 5.56 Å². The van der Waals surface area contributed by atoms with Crippen LogP contribution in [0.3, 0.4) is 0 Å². The zero-order valence-corrected chi connectivity index (χ0v) is 19.1. The van der Waals surface area contributed by atoms with E-state index in [9.17, 15) is 0 Å². The number of furan rings is 1. The van der Waals surface area contributed by atoms with Crippen molar-refractivity contribution in [3.8, 4) is 0 Å². The van der Waals surface area contributed by atoms with Crippen LogP contribution in [0.4, 0.5) is 0 Å². The summed E-state index contributed by atoms with van der Waals surface area (Å²) in [6, 6.07) is 24.1. The number of hydrogen-bond acceptors (Lipinski definition) is 5. The first-order valence-electron chi connectivity index (χ1n) is 10.4. The number of rotatable bonds is 6. The van der Waals surface area contributed by atoms with Crippen molar-refractivity contribution in [2.45, 2.75) is 35.5 Å². The highest BCUT2D eigenvalue weighted by Crippen LogP contribution is 2.41. The third-order valence-corrected chi connectivity index (χ3v) is 6.67. The maximum absolute atomic E-state index is 6.34. The SMILES string of the molecule is Cc1ccc(Sc2ccc([C@@H]3[C@@H](c4ccccn4)NC(=S)N3Cc3ccccn3)o2)cc1. The molecule has 0 spiro atoms. The minimum atomic E-state index is -0.133. The highest BCUT2D eigenvalue weighted by molar-refractivity contribution is 7.99. The summed E-state index contributed by atoms with van der Waals surface area (Å²) in [5, 5.41) is 4.97. The molecular formula is C25H22N4OS2. The number of nitrogens with zero attached hydrogens (tertiary/aromatic N) is 3. The van der Waals surface area contributed by atoms with E-state index in [-0.39, 0.29) is 12.1 Å². The summed E-state index contributed by atoms with van der Waals surface area (Å²) < 4.78 is 6.34. The van der Waals surface area contributed by atoms with Crippen LogP contribution in [0.5, 0.6) is 0 Å². The second-order valence-electron chi connectivity index (χ2n) is 7.65. The van der Waals surface area contributed by atoms with E-state index in [0.717, 1.165) is 27.1 Å². The minimum absolute atomic E-state index is 0.115. The zero-order valence-electron chi connectivity index (χ0n) is 17.5. The molecule has 0 unspecified atom stereocenters. The maximum atomic E-state index is 6.34. The Balaban J connectivity index is 1.47. The molecule has 0 aliphatic carbocycles. The van der Waals surface area contributed by atoms with E-state index in [1.807, 2.05) is 48.5 Å². The van der Waals surface area contributed by atoms with Crippen LogP contribution in [0, 0.1) is 6.92 Å². The van der Waals surface area contributed by atoms with Crippen LogP contribution >= 0.6 is 24.0 Å². The van der Waals surface area contributed by atoms with E-state index in [2.05, 4.69) is 51.4 Å². The summed E-state index contributed by atoms with van der Waals surface area (Å²) in [6.07, 6.45) is 3.61. The van der Waals surface area contributed by atoms with E-state index in [1.54, 1.807) is 24.2 Å². The molecule has 1 saturated heterocycles. The average Bonchev–Trinajstić information content (AvgIpc) is 3.41. The Morgan fingerprint density at radius 1 is 0.969 bits per heavy atom. The molecule has 5 nitrogen and oxygen atoms in total. The quantitative estimate of drug-likeness (QED) is 0.372. The maximum Gasteiger partial charge on any atom is 0.170 e. The van der Waals surface area contributed by atoms with Gasteiger partial charge in [-0.25, -0.2) is 0 Å². The molecule has 0 amide bonds. The lowest BCUT2D eigenvalue weighted by Crippen LogP contribution is -2.29. The predicted molar refractivity (Wildman–Crippen MR) is 129 cm³/mol. The summed E-state index contributed by atoms with van der Waals surface area (Å²) in [7, 11) is 0. The molecule has 160 valence electrons. The van der Waals surface area contributed by atoms with Crippen LogP contribution in [0.25, 0.3) is 0 Å². The molecule has 1 aromatic carbocycles. The summed E-state index contributed by atoms with van der Waals surface area (Å²) >= 11 is 7.34. The summed E-state index contributed by atoms with van der Waals surface area (Å²) in [4.78, 5) is 12.4. The lowest BCUT2D eigenvalue weighted by Gasteiger charge is -2.25. The number of pyridine rings is 2. The number of hydrogen-bond donors (Lipinski definition) is 1. The molecule has 0 radical (unpaired) electrons. The van der Waals surface area contributed by atoms with Crippen molar-refractivity contribution in [1.29, 1.82) is 0 Å². The fraction of sp³-hybridized carbons (Fsp3) is 0.160. The largest absolute Gasteiger partial charge is 0.452 e. The minimum Gasteiger partial charge on any atom is -0.452 e. The average molecular weight is 459 g/mol. The number of aryl methyl sites for hydroxylation is 1. The molecule has 7 heteroatoms. The third kappa shape index (κ3) is 4.40. The molecule has 0 bridgehead atoms. The first kappa shape index (κ1) is 20.7. The molecule has 1 aliphatic heterocycles. The van der Waals surface area contributed by atoms with Gasteiger partial charge in [-0.3, -0.25) is 9.97 Å². The Morgan fingerprint density at radius 2 is 1.75 bits per heavy atom. The number of aromatic nitrogens is 2. The normalized spacial score (nSPS) is 18.0. The Bertz CT molecular complexity index is 1200. The summed E-state index contributed by atoms with van der Waals surface area (Å²) in [5.41, 5.74) is 3.11. The van der Waals surface area contributed by atoms with E-state index >= 15 is 0 Å². The van der Waals surface area contributed by atoms with Crippen molar-refractivity contribution in [3.63, 3.8) is 0 Å². The van der Waals surface area contributed by atoms with Gasteiger partial charge in [0, 0.05) is 17.3 Å². The molecular weight excluding hydrogens is 436 g/mol. The van der Waals surface area contributed by atoms with Crippen LogP contribution in [-0.2, 0) is 6.54 Å². The number of thiocarbonyl (C=S) groups is 1. The standard InChI is InChI=1S/C25H22N4OS2/c1-17-8-10-19(11-9-17)32-22-13-12-21(30-22)24-23(20-7-3-5-15-27-20)28-25(31)29(24)16-18-6-2-4-14-26-18/h2-15,23-24H,16H2,1H3,(H,28,31)/t23-,24-/m1/s1. The molecule has 0 saturated carbocycles. The summed E-state index contributed by atoms with van der Waals surface area (Å²) in [5.74, 6) is 0.846.